The molecule has 1 fully saturated rings. The summed E-state index contributed by atoms with van der Waals surface area (Å²) in [6.07, 6.45) is 4.34. The summed E-state index contributed by atoms with van der Waals surface area (Å²) in [4.78, 5) is 14.8. The van der Waals surface area contributed by atoms with E-state index in [2.05, 4.69) is 6.92 Å². The third-order valence-electron chi connectivity index (χ3n) is 4.03. The summed E-state index contributed by atoms with van der Waals surface area (Å²) >= 11 is 5.87. The second-order valence-corrected chi connectivity index (χ2v) is 5.55. The van der Waals surface area contributed by atoms with Crippen molar-refractivity contribution in [2.24, 2.45) is 0 Å². The molecule has 3 heteroatoms. The van der Waals surface area contributed by atoms with Crippen LogP contribution in [0.5, 0.6) is 0 Å². The van der Waals surface area contributed by atoms with Gasteiger partial charge in [-0.3, -0.25) is 4.79 Å². The zero-order chi connectivity index (χ0) is 13.7. The van der Waals surface area contributed by atoms with E-state index in [1.165, 1.54) is 6.42 Å². The van der Waals surface area contributed by atoms with E-state index < -0.39 is 0 Å². The Kier molecular flexibility index (Phi) is 5.26. The molecule has 104 valence electrons. The first-order chi connectivity index (χ1) is 9.27. The number of carbonyl (C=O) groups excluding carboxylic acids is 1. The molecule has 0 aromatic heterocycles. The van der Waals surface area contributed by atoms with E-state index in [0.717, 1.165) is 24.8 Å². The molecule has 1 saturated carbocycles. The zero-order valence-electron chi connectivity index (χ0n) is 11.5. The highest BCUT2D eigenvalue weighted by molar-refractivity contribution is 6.18. The van der Waals surface area contributed by atoms with Crippen molar-refractivity contribution in [3.8, 4) is 0 Å². The van der Waals surface area contributed by atoms with E-state index in [4.69, 9.17) is 11.6 Å². The number of amides is 1. The van der Waals surface area contributed by atoms with E-state index in [-0.39, 0.29) is 11.8 Å². The fourth-order valence-corrected chi connectivity index (χ4v) is 2.88. The van der Waals surface area contributed by atoms with Crippen molar-refractivity contribution in [2.75, 3.05) is 12.4 Å². The summed E-state index contributed by atoms with van der Waals surface area (Å²) in [7, 11) is 0. The molecule has 1 aliphatic rings. The minimum atomic E-state index is -0.0231. The highest BCUT2D eigenvalue weighted by Crippen LogP contribution is 2.29. The van der Waals surface area contributed by atoms with Gasteiger partial charge in [-0.25, -0.2) is 0 Å². The van der Waals surface area contributed by atoms with Crippen LogP contribution in [0.25, 0.3) is 0 Å². The molecule has 19 heavy (non-hydrogen) atoms. The molecule has 1 aromatic carbocycles. The number of carbonyl (C=O) groups is 1. The molecule has 0 spiro atoms. The lowest BCUT2D eigenvalue weighted by Gasteiger charge is -2.39. The molecular weight excluding hydrogens is 258 g/mol. The summed E-state index contributed by atoms with van der Waals surface area (Å²) in [5.41, 5.74) is 1.12. The van der Waals surface area contributed by atoms with Crippen LogP contribution in [-0.4, -0.2) is 29.3 Å². The van der Waals surface area contributed by atoms with Gasteiger partial charge < -0.3 is 4.90 Å². The highest BCUT2D eigenvalue weighted by atomic mass is 35.5. The fourth-order valence-electron chi connectivity index (χ4n) is 2.70. The molecule has 2 rings (SSSR count). The Morgan fingerprint density at radius 2 is 2.05 bits per heavy atom. The maximum absolute atomic E-state index is 12.8. The lowest BCUT2D eigenvalue weighted by molar-refractivity contribution is -0.136. The van der Waals surface area contributed by atoms with Crippen molar-refractivity contribution in [3.05, 3.63) is 35.9 Å². The minimum Gasteiger partial charge on any atom is -0.338 e. The minimum absolute atomic E-state index is 0.0231. The van der Waals surface area contributed by atoms with Crippen molar-refractivity contribution in [1.29, 1.82) is 0 Å². The number of nitrogens with zero attached hydrogens (tertiary/aromatic N) is 1. The zero-order valence-corrected chi connectivity index (χ0v) is 12.3. The lowest BCUT2D eigenvalue weighted by Crippen LogP contribution is -2.47. The van der Waals surface area contributed by atoms with Gasteiger partial charge in [-0.1, -0.05) is 37.3 Å². The van der Waals surface area contributed by atoms with Gasteiger partial charge in [-0.2, -0.15) is 0 Å². The molecule has 0 aliphatic heterocycles. The van der Waals surface area contributed by atoms with Gasteiger partial charge >= 0.3 is 0 Å². The van der Waals surface area contributed by atoms with E-state index in [9.17, 15) is 4.79 Å². The van der Waals surface area contributed by atoms with Crippen LogP contribution in [0, 0.1) is 0 Å². The number of benzene rings is 1. The van der Waals surface area contributed by atoms with Crippen LogP contribution in [0.15, 0.2) is 30.3 Å². The highest BCUT2D eigenvalue weighted by Gasteiger charge is 2.32. The van der Waals surface area contributed by atoms with Gasteiger partial charge in [-0.15, -0.1) is 11.6 Å². The molecule has 1 aliphatic carbocycles. The second kappa shape index (κ2) is 6.95. The lowest BCUT2D eigenvalue weighted by atomic mass is 9.88. The Bertz CT molecular complexity index is 402. The van der Waals surface area contributed by atoms with Gasteiger partial charge in [0.2, 0.25) is 5.91 Å². The van der Waals surface area contributed by atoms with Crippen LogP contribution in [0.4, 0.5) is 0 Å². The molecular formula is C16H22ClNO. The van der Waals surface area contributed by atoms with Gasteiger partial charge in [0.1, 0.15) is 0 Å². The average molecular weight is 280 g/mol. The monoisotopic (exact) mass is 279 g/mol. The van der Waals surface area contributed by atoms with Crippen molar-refractivity contribution >= 4 is 17.5 Å². The van der Waals surface area contributed by atoms with E-state index >= 15 is 0 Å². The Hall–Kier alpha value is -1.02. The van der Waals surface area contributed by atoms with Crippen molar-refractivity contribution in [2.45, 2.75) is 44.6 Å². The van der Waals surface area contributed by atoms with Crippen molar-refractivity contribution in [3.63, 3.8) is 0 Å². The smallest absolute Gasteiger partial charge is 0.230 e. The topological polar surface area (TPSA) is 20.3 Å². The maximum Gasteiger partial charge on any atom is 0.230 e. The quantitative estimate of drug-likeness (QED) is 0.726. The first-order valence-corrected chi connectivity index (χ1v) is 7.72. The van der Waals surface area contributed by atoms with Crippen LogP contribution in [0.3, 0.4) is 0 Å². The number of halogens is 1. The largest absolute Gasteiger partial charge is 0.338 e. The Morgan fingerprint density at radius 1 is 1.37 bits per heavy atom. The molecule has 0 saturated heterocycles. The molecule has 1 unspecified atom stereocenters. The van der Waals surface area contributed by atoms with E-state index in [0.29, 0.717) is 18.5 Å². The number of rotatable bonds is 6. The van der Waals surface area contributed by atoms with Crippen LogP contribution >= 0.6 is 11.6 Å². The molecule has 0 bridgehead atoms. The Balaban J connectivity index is 2.14. The Labute approximate surface area is 120 Å². The predicted molar refractivity (Wildman–Crippen MR) is 79.5 cm³/mol. The standard InChI is InChI=1S/C16H22ClNO/c1-2-15(13-7-4-3-5-8-13)16(19)18(12-11-17)14-9-6-10-14/h3-5,7-8,14-15H,2,6,9-12H2,1H3. The summed E-state index contributed by atoms with van der Waals surface area (Å²) in [6.45, 7) is 2.75. The molecule has 2 nitrogen and oxygen atoms in total. The number of hydrogen-bond donors (Lipinski definition) is 0. The third kappa shape index (κ3) is 3.30. The second-order valence-electron chi connectivity index (χ2n) is 5.18. The van der Waals surface area contributed by atoms with Gasteiger partial charge in [0, 0.05) is 18.5 Å². The van der Waals surface area contributed by atoms with Gasteiger partial charge in [-0.05, 0) is 31.2 Å². The first kappa shape index (κ1) is 14.4. The average Bonchev–Trinajstić information content (AvgIpc) is 2.38. The van der Waals surface area contributed by atoms with Gasteiger partial charge in [0.15, 0.2) is 0 Å². The summed E-state index contributed by atoms with van der Waals surface area (Å²) < 4.78 is 0. The van der Waals surface area contributed by atoms with Gasteiger partial charge in [0.25, 0.3) is 0 Å². The van der Waals surface area contributed by atoms with Crippen LogP contribution in [-0.2, 0) is 4.79 Å². The fraction of sp³-hybridized carbons (Fsp3) is 0.562. The summed E-state index contributed by atoms with van der Waals surface area (Å²) in [6, 6.07) is 10.5. The Morgan fingerprint density at radius 3 is 2.53 bits per heavy atom. The first-order valence-electron chi connectivity index (χ1n) is 7.19. The number of alkyl halides is 1. The van der Waals surface area contributed by atoms with E-state index in [1.807, 2.05) is 35.2 Å². The molecule has 1 atom stereocenters. The van der Waals surface area contributed by atoms with Crippen LogP contribution < -0.4 is 0 Å². The normalized spacial score (nSPS) is 16.7. The van der Waals surface area contributed by atoms with Gasteiger partial charge in [0.05, 0.1) is 5.92 Å². The number of hydrogen-bond acceptors (Lipinski definition) is 1. The molecule has 0 radical (unpaired) electrons. The molecule has 1 aromatic rings. The maximum atomic E-state index is 12.8. The molecule has 0 heterocycles. The summed E-state index contributed by atoms with van der Waals surface area (Å²) in [5.74, 6) is 0.747. The van der Waals surface area contributed by atoms with Crippen molar-refractivity contribution < 1.29 is 4.79 Å². The SMILES string of the molecule is CCC(C(=O)N(CCCl)C1CCC1)c1ccccc1. The third-order valence-corrected chi connectivity index (χ3v) is 4.20. The van der Waals surface area contributed by atoms with E-state index in [1.54, 1.807) is 0 Å². The predicted octanol–water partition coefficient (Wildman–Crippen LogP) is 3.80. The molecule has 0 N–H and O–H groups in total. The van der Waals surface area contributed by atoms with Crippen LogP contribution in [0.1, 0.15) is 44.1 Å². The van der Waals surface area contributed by atoms with Crippen molar-refractivity contribution in [1.82, 2.24) is 4.90 Å². The van der Waals surface area contributed by atoms with Crippen LogP contribution in [0.2, 0.25) is 0 Å². The summed E-state index contributed by atoms with van der Waals surface area (Å²) in [5, 5.41) is 0. The molecule has 1 amide bonds.